The zero-order chi connectivity index (χ0) is 14.9. The van der Waals surface area contributed by atoms with Crippen molar-refractivity contribution in [2.45, 2.75) is 4.90 Å². The van der Waals surface area contributed by atoms with Gasteiger partial charge in [-0.1, -0.05) is 15.9 Å². The van der Waals surface area contributed by atoms with Crippen molar-refractivity contribution < 1.29 is 17.6 Å². The van der Waals surface area contributed by atoms with Crippen molar-refractivity contribution in [3.63, 3.8) is 0 Å². The summed E-state index contributed by atoms with van der Waals surface area (Å²) < 4.78 is 37.5. The Balaban J connectivity index is 2.26. The number of nitrogens with one attached hydrogen (secondary N) is 2. The van der Waals surface area contributed by atoms with E-state index in [0.717, 1.165) is 25.4 Å². The minimum absolute atomic E-state index is 0.271. The second-order valence-electron chi connectivity index (χ2n) is 4.77. The maximum absolute atomic E-state index is 14.1. The number of amides is 1. The lowest BCUT2D eigenvalue weighted by molar-refractivity contribution is 0.0937. The molecule has 8 heteroatoms. The molecule has 1 aliphatic rings. The molecule has 1 amide bonds. The summed E-state index contributed by atoms with van der Waals surface area (Å²) in [6, 6.07) is 2.43. The molecule has 2 rings (SSSR count). The Morgan fingerprint density at radius 2 is 2.15 bits per heavy atom. The zero-order valence-corrected chi connectivity index (χ0v) is 13.1. The fourth-order valence-corrected chi connectivity index (χ4v) is 3.21. The molecule has 1 aromatic carbocycles. The van der Waals surface area contributed by atoms with Crippen LogP contribution in [0, 0.1) is 11.7 Å². The van der Waals surface area contributed by atoms with E-state index < -0.39 is 26.5 Å². The Labute approximate surface area is 125 Å². The van der Waals surface area contributed by atoms with E-state index in [1.807, 2.05) is 0 Å². The lowest BCUT2D eigenvalue weighted by Gasteiger charge is -2.27. The summed E-state index contributed by atoms with van der Waals surface area (Å²) >= 11 is 3.09. The van der Waals surface area contributed by atoms with Gasteiger partial charge in [-0.05, 0) is 12.1 Å². The molecule has 1 heterocycles. The van der Waals surface area contributed by atoms with Crippen LogP contribution in [0.2, 0.25) is 0 Å². The van der Waals surface area contributed by atoms with Gasteiger partial charge in [0.05, 0.1) is 5.56 Å². The van der Waals surface area contributed by atoms with E-state index in [4.69, 9.17) is 0 Å². The summed E-state index contributed by atoms with van der Waals surface area (Å²) in [6.07, 6.45) is 0.902. The summed E-state index contributed by atoms with van der Waals surface area (Å²) in [4.78, 5) is 11.5. The molecule has 5 nitrogen and oxygen atoms in total. The van der Waals surface area contributed by atoms with E-state index in [-0.39, 0.29) is 5.56 Å². The SMILES string of the molecule is CS(=O)(=O)c1cc(Br)cc(C(=O)NCC2CNC2)c1F. The molecule has 1 aromatic rings. The number of hydrogen-bond acceptors (Lipinski definition) is 4. The molecule has 1 aliphatic heterocycles. The van der Waals surface area contributed by atoms with E-state index in [2.05, 4.69) is 26.6 Å². The van der Waals surface area contributed by atoms with Crippen LogP contribution in [-0.4, -0.2) is 40.2 Å². The molecular formula is C12H14BrFN2O3S. The minimum Gasteiger partial charge on any atom is -0.352 e. The third-order valence-electron chi connectivity index (χ3n) is 3.07. The van der Waals surface area contributed by atoms with Gasteiger partial charge in [-0.2, -0.15) is 0 Å². The molecule has 0 radical (unpaired) electrons. The van der Waals surface area contributed by atoms with E-state index in [0.29, 0.717) is 16.9 Å². The Morgan fingerprint density at radius 1 is 1.50 bits per heavy atom. The third-order valence-corrected chi connectivity index (χ3v) is 4.62. The van der Waals surface area contributed by atoms with Gasteiger partial charge < -0.3 is 10.6 Å². The highest BCUT2D eigenvalue weighted by atomic mass is 79.9. The highest BCUT2D eigenvalue weighted by Gasteiger charge is 2.23. The molecule has 1 saturated heterocycles. The van der Waals surface area contributed by atoms with Crippen LogP contribution < -0.4 is 10.6 Å². The Morgan fingerprint density at radius 3 is 2.65 bits per heavy atom. The van der Waals surface area contributed by atoms with Gasteiger partial charge in [-0.3, -0.25) is 4.79 Å². The number of sulfone groups is 1. The number of hydrogen-bond donors (Lipinski definition) is 2. The molecule has 0 atom stereocenters. The number of carbonyl (C=O) groups excluding carboxylic acids is 1. The van der Waals surface area contributed by atoms with Crippen LogP contribution in [0.1, 0.15) is 10.4 Å². The highest BCUT2D eigenvalue weighted by molar-refractivity contribution is 9.10. The van der Waals surface area contributed by atoms with Crippen molar-refractivity contribution in [3.8, 4) is 0 Å². The number of benzene rings is 1. The first-order chi connectivity index (χ1) is 9.29. The first kappa shape index (κ1) is 15.4. The first-order valence-corrected chi connectivity index (χ1v) is 8.65. The third kappa shape index (κ3) is 3.36. The van der Waals surface area contributed by atoms with Crippen molar-refractivity contribution >= 4 is 31.7 Å². The Bertz CT molecular complexity index is 644. The largest absolute Gasteiger partial charge is 0.352 e. The normalized spacial score (nSPS) is 15.8. The van der Waals surface area contributed by atoms with E-state index in [1.165, 1.54) is 6.07 Å². The smallest absolute Gasteiger partial charge is 0.254 e. The molecule has 0 bridgehead atoms. The lowest BCUT2D eigenvalue weighted by Crippen LogP contribution is -2.48. The van der Waals surface area contributed by atoms with Crippen LogP contribution in [0.25, 0.3) is 0 Å². The van der Waals surface area contributed by atoms with E-state index >= 15 is 0 Å². The maximum Gasteiger partial charge on any atom is 0.254 e. The average molecular weight is 365 g/mol. The average Bonchev–Trinajstić information content (AvgIpc) is 2.28. The van der Waals surface area contributed by atoms with Gasteiger partial charge in [-0.15, -0.1) is 0 Å². The summed E-state index contributed by atoms with van der Waals surface area (Å²) in [5, 5.41) is 5.68. The first-order valence-electron chi connectivity index (χ1n) is 5.97. The highest BCUT2D eigenvalue weighted by Crippen LogP contribution is 2.24. The number of carbonyl (C=O) groups is 1. The van der Waals surface area contributed by atoms with Gasteiger partial charge in [-0.25, -0.2) is 12.8 Å². The molecule has 20 heavy (non-hydrogen) atoms. The van der Waals surface area contributed by atoms with Gasteiger partial charge in [0.15, 0.2) is 15.7 Å². The molecule has 0 spiro atoms. The van der Waals surface area contributed by atoms with Gasteiger partial charge in [0.2, 0.25) is 0 Å². The molecule has 2 N–H and O–H groups in total. The maximum atomic E-state index is 14.1. The summed E-state index contributed by atoms with van der Waals surface area (Å²) in [5.74, 6) is -1.29. The quantitative estimate of drug-likeness (QED) is 0.833. The molecule has 0 aromatic heterocycles. The van der Waals surface area contributed by atoms with Crippen molar-refractivity contribution in [1.29, 1.82) is 0 Å². The second-order valence-corrected chi connectivity index (χ2v) is 7.67. The predicted octanol–water partition coefficient (Wildman–Crippen LogP) is 0.941. The Kier molecular flexibility index (Phi) is 4.46. The van der Waals surface area contributed by atoms with E-state index in [1.54, 1.807) is 0 Å². The number of halogens is 2. The predicted molar refractivity (Wildman–Crippen MR) is 75.9 cm³/mol. The van der Waals surface area contributed by atoms with Crippen LogP contribution in [-0.2, 0) is 9.84 Å². The van der Waals surface area contributed by atoms with Crippen molar-refractivity contribution in [1.82, 2.24) is 10.6 Å². The minimum atomic E-state index is -3.73. The van der Waals surface area contributed by atoms with Crippen molar-refractivity contribution in [3.05, 3.63) is 28.0 Å². The second kappa shape index (κ2) is 5.79. The van der Waals surface area contributed by atoms with Crippen LogP contribution in [0.4, 0.5) is 4.39 Å². The van der Waals surface area contributed by atoms with Crippen molar-refractivity contribution in [2.75, 3.05) is 25.9 Å². The fourth-order valence-electron chi connectivity index (χ4n) is 1.82. The molecule has 0 aliphatic carbocycles. The summed E-state index contributed by atoms with van der Waals surface area (Å²) in [7, 11) is -3.73. The molecule has 110 valence electrons. The molecule has 1 fully saturated rings. The lowest BCUT2D eigenvalue weighted by atomic mass is 10.0. The van der Waals surface area contributed by atoms with Gasteiger partial charge in [0, 0.05) is 36.3 Å². The summed E-state index contributed by atoms with van der Waals surface area (Å²) in [5.41, 5.74) is -0.271. The molecule has 0 saturated carbocycles. The van der Waals surface area contributed by atoms with Gasteiger partial charge >= 0.3 is 0 Å². The topological polar surface area (TPSA) is 75.3 Å². The van der Waals surface area contributed by atoms with Crippen molar-refractivity contribution in [2.24, 2.45) is 5.92 Å². The zero-order valence-electron chi connectivity index (χ0n) is 10.7. The van der Waals surface area contributed by atoms with Crippen LogP contribution in [0.5, 0.6) is 0 Å². The standard InChI is InChI=1S/C12H14BrFN2O3S/c1-20(18,19)10-3-8(13)2-9(11(10)14)12(17)16-6-7-4-15-5-7/h2-3,7,15H,4-6H2,1H3,(H,16,17). The fraction of sp³-hybridized carbons (Fsp3) is 0.417. The Hall–Kier alpha value is -0.990. The molecular weight excluding hydrogens is 351 g/mol. The summed E-state index contributed by atoms with van der Waals surface area (Å²) in [6.45, 7) is 2.07. The van der Waals surface area contributed by atoms with Gasteiger partial charge in [0.1, 0.15) is 4.90 Å². The van der Waals surface area contributed by atoms with Crippen LogP contribution in [0.15, 0.2) is 21.5 Å². The van der Waals surface area contributed by atoms with E-state index in [9.17, 15) is 17.6 Å². The number of rotatable bonds is 4. The monoisotopic (exact) mass is 364 g/mol. The van der Waals surface area contributed by atoms with Crippen LogP contribution >= 0.6 is 15.9 Å². The molecule has 0 unspecified atom stereocenters. The van der Waals surface area contributed by atoms with Gasteiger partial charge in [0.25, 0.3) is 5.91 Å². The van der Waals surface area contributed by atoms with Crippen LogP contribution in [0.3, 0.4) is 0 Å².